The summed E-state index contributed by atoms with van der Waals surface area (Å²) in [5.74, 6) is 0.175. The number of hydrogen-bond acceptors (Lipinski definition) is 4. The van der Waals surface area contributed by atoms with Crippen molar-refractivity contribution < 1.29 is 9.59 Å². The lowest BCUT2D eigenvalue weighted by molar-refractivity contribution is -0.143. The van der Waals surface area contributed by atoms with Gasteiger partial charge < -0.3 is 9.80 Å². The van der Waals surface area contributed by atoms with E-state index in [2.05, 4.69) is 4.98 Å². The predicted molar refractivity (Wildman–Crippen MR) is 97.7 cm³/mol. The first-order chi connectivity index (χ1) is 12.3. The number of aryl methyl sites for hydroxylation is 2. The minimum atomic E-state index is -0.372. The van der Waals surface area contributed by atoms with Crippen molar-refractivity contribution in [1.82, 2.24) is 19.4 Å². The van der Waals surface area contributed by atoms with Crippen molar-refractivity contribution in [3.63, 3.8) is 0 Å². The number of rotatable bonds is 3. The Bertz CT molecular complexity index is 773. The molecule has 2 fully saturated rings. The number of aromatic nitrogens is 2. The monoisotopic (exact) mass is 360 g/mol. The third-order valence-electron chi connectivity index (χ3n) is 5.78. The molecule has 0 unspecified atom stereocenters. The average molecular weight is 360 g/mol. The molecule has 2 amide bonds. The molecule has 7 heteroatoms. The highest BCUT2D eigenvalue weighted by atomic mass is 16.2. The second kappa shape index (κ2) is 7.21. The molecule has 0 aromatic carbocycles. The molecule has 3 rings (SSSR count). The van der Waals surface area contributed by atoms with Crippen LogP contribution in [0.15, 0.2) is 10.9 Å². The summed E-state index contributed by atoms with van der Waals surface area (Å²) in [7, 11) is 0. The van der Waals surface area contributed by atoms with E-state index in [1.165, 1.54) is 4.57 Å². The van der Waals surface area contributed by atoms with Crippen LogP contribution < -0.4 is 5.69 Å². The highest BCUT2D eigenvalue weighted by molar-refractivity contribution is 5.78. The van der Waals surface area contributed by atoms with Crippen LogP contribution in [-0.2, 0) is 16.1 Å². The molecule has 0 radical (unpaired) electrons. The van der Waals surface area contributed by atoms with Crippen LogP contribution in [-0.4, -0.2) is 57.3 Å². The van der Waals surface area contributed by atoms with E-state index in [1.807, 2.05) is 29.7 Å². The molecule has 2 saturated heterocycles. The van der Waals surface area contributed by atoms with E-state index in [9.17, 15) is 14.4 Å². The molecule has 7 nitrogen and oxygen atoms in total. The fourth-order valence-electron chi connectivity index (χ4n) is 4.35. The highest BCUT2D eigenvalue weighted by Crippen LogP contribution is 2.38. The summed E-state index contributed by atoms with van der Waals surface area (Å²) in [5, 5.41) is 0. The number of likely N-dealkylation sites (tertiary alicyclic amines) is 2. The van der Waals surface area contributed by atoms with E-state index in [-0.39, 0.29) is 29.5 Å². The lowest BCUT2D eigenvalue weighted by Crippen LogP contribution is -2.55. The standard InChI is InChI=1S/C19H28N4O3/c1-4-21-12-19(8-6-16(21)24)7-5-9-22(13-19)17(25)11-23-15(3)10-14(2)20-18(23)26/h10H,4-9,11-13H2,1-3H3/t19-/m1/s1. The first kappa shape index (κ1) is 18.6. The van der Waals surface area contributed by atoms with Crippen molar-refractivity contribution in [2.45, 2.75) is 53.0 Å². The zero-order valence-corrected chi connectivity index (χ0v) is 16.0. The van der Waals surface area contributed by atoms with Crippen LogP contribution in [0, 0.1) is 19.3 Å². The van der Waals surface area contributed by atoms with Gasteiger partial charge in [-0.25, -0.2) is 4.79 Å². The van der Waals surface area contributed by atoms with Gasteiger partial charge in [-0.3, -0.25) is 14.2 Å². The molecule has 1 aromatic rings. The minimum absolute atomic E-state index is 0.00334. The van der Waals surface area contributed by atoms with Gasteiger partial charge in [-0.2, -0.15) is 4.98 Å². The largest absolute Gasteiger partial charge is 0.348 e. The van der Waals surface area contributed by atoms with Crippen LogP contribution in [0.3, 0.4) is 0 Å². The molecular formula is C19H28N4O3. The third kappa shape index (κ3) is 3.66. The van der Waals surface area contributed by atoms with Crippen LogP contribution >= 0.6 is 0 Å². The van der Waals surface area contributed by atoms with Gasteiger partial charge in [-0.1, -0.05) is 0 Å². The lowest BCUT2D eigenvalue weighted by Gasteiger charge is -2.48. The van der Waals surface area contributed by atoms with Gasteiger partial charge in [0.2, 0.25) is 11.8 Å². The Hall–Kier alpha value is -2.18. The fourth-order valence-corrected chi connectivity index (χ4v) is 4.35. The van der Waals surface area contributed by atoms with E-state index < -0.39 is 0 Å². The molecule has 1 spiro atoms. The summed E-state index contributed by atoms with van der Waals surface area (Å²) in [4.78, 5) is 44.7. The number of nitrogens with zero attached hydrogens (tertiary/aromatic N) is 4. The van der Waals surface area contributed by atoms with Gasteiger partial charge in [0.1, 0.15) is 6.54 Å². The molecule has 0 N–H and O–H groups in total. The number of amides is 2. The zero-order valence-electron chi connectivity index (χ0n) is 16.0. The Labute approximate surface area is 154 Å². The first-order valence-electron chi connectivity index (χ1n) is 9.44. The number of piperidine rings is 2. The van der Waals surface area contributed by atoms with Gasteiger partial charge in [-0.15, -0.1) is 0 Å². The SMILES string of the molecule is CCN1C[C@@]2(CCCN(C(=O)Cn3c(C)cc(C)nc3=O)C2)CCC1=O. The average Bonchev–Trinajstić information content (AvgIpc) is 2.60. The smallest absolute Gasteiger partial charge is 0.342 e. The second-order valence-electron chi connectivity index (χ2n) is 7.73. The minimum Gasteiger partial charge on any atom is -0.342 e. The zero-order chi connectivity index (χ0) is 18.9. The third-order valence-corrected chi connectivity index (χ3v) is 5.78. The number of carbonyl (C=O) groups is 2. The number of hydrogen-bond donors (Lipinski definition) is 0. The molecule has 0 bridgehead atoms. The van der Waals surface area contributed by atoms with Crippen LogP contribution in [0.25, 0.3) is 0 Å². The quantitative estimate of drug-likeness (QED) is 0.809. The van der Waals surface area contributed by atoms with Crippen LogP contribution in [0.4, 0.5) is 0 Å². The fraction of sp³-hybridized carbons (Fsp3) is 0.684. The molecule has 26 heavy (non-hydrogen) atoms. The van der Waals surface area contributed by atoms with Crippen LogP contribution in [0.2, 0.25) is 0 Å². The topological polar surface area (TPSA) is 75.5 Å². The Kier molecular flexibility index (Phi) is 5.16. The molecule has 1 aromatic heterocycles. The van der Waals surface area contributed by atoms with Crippen molar-refractivity contribution in [2.24, 2.45) is 5.41 Å². The van der Waals surface area contributed by atoms with E-state index >= 15 is 0 Å². The molecular weight excluding hydrogens is 332 g/mol. The highest BCUT2D eigenvalue weighted by Gasteiger charge is 2.42. The lowest BCUT2D eigenvalue weighted by atomic mass is 9.73. The van der Waals surface area contributed by atoms with Crippen molar-refractivity contribution >= 4 is 11.8 Å². The van der Waals surface area contributed by atoms with Crippen LogP contribution in [0.5, 0.6) is 0 Å². The summed E-state index contributed by atoms with van der Waals surface area (Å²) < 4.78 is 1.44. The van der Waals surface area contributed by atoms with Crippen LogP contribution in [0.1, 0.15) is 44.0 Å². The van der Waals surface area contributed by atoms with Gasteiger partial charge in [0, 0.05) is 49.4 Å². The van der Waals surface area contributed by atoms with E-state index in [0.717, 1.165) is 38.0 Å². The molecule has 1 atom stereocenters. The molecule has 0 aliphatic carbocycles. The summed E-state index contributed by atoms with van der Waals surface area (Å²) in [6, 6.07) is 1.82. The van der Waals surface area contributed by atoms with Gasteiger partial charge in [0.15, 0.2) is 0 Å². The Balaban J connectivity index is 1.73. The first-order valence-corrected chi connectivity index (χ1v) is 9.44. The van der Waals surface area contributed by atoms with E-state index in [0.29, 0.717) is 25.2 Å². The van der Waals surface area contributed by atoms with Gasteiger partial charge >= 0.3 is 5.69 Å². The van der Waals surface area contributed by atoms with E-state index in [1.54, 1.807) is 6.92 Å². The maximum absolute atomic E-state index is 12.9. The van der Waals surface area contributed by atoms with E-state index in [4.69, 9.17) is 0 Å². The van der Waals surface area contributed by atoms with Crippen molar-refractivity contribution in [1.29, 1.82) is 0 Å². The Morgan fingerprint density at radius 1 is 1.23 bits per heavy atom. The molecule has 3 heterocycles. The predicted octanol–water partition coefficient (Wildman–Crippen LogP) is 1.11. The summed E-state index contributed by atoms with van der Waals surface area (Å²) in [6.07, 6.45) is 3.40. The Morgan fingerprint density at radius 3 is 2.69 bits per heavy atom. The number of carbonyl (C=O) groups excluding carboxylic acids is 2. The van der Waals surface area contributed by atoms with Gasteiger partial charge in [-0.05, 0) is 46.1 Å². The molecule has 2 aliphatic rings. The second-order valence-corrected chi connectivity index (χ2v) is 7.73. The van der Waals surface area contributed by atoms with Gasteiger partial charge in [0.25, 0.3) is 0 Å². The van der Waals surface area contributed by atoms with Crippen molar-refractivity contribution in [2.75, 3.05) is 26.2 Å². The maximum atomic E-state index is 12.9. The van der Waals surface area contributed by atoms with Crippen molar-refractivity contribution in [3.8, 4) is 0 Å². The normalized spacial score (nSPS) is 23.6. The Morgan fingerprint density at radius 2 is 2.00 bits per heavy atom. The molecule has 0 saturated carbocycles. The molecule has 2 aliphatic heterocycles. The summed E-state index contributed by atoms with van der Waals surface area (Å²) >= 11 is 0. The summed E-state index contributed by atoms with van der Waals surface area (Å²) in [5.41, 5.74) is 1.05. The van der Waals surface area contributed by atoms with Gasteiger partial charge in [0.05, 0.1) is 0 Å². The molecule has 142 valence electrons. The maximum Gasteiger partial charge on any atom is 0.348 e. The summed E-state index contributed by atoms with van der Waals surface area (Å²) in [6.45, 7) is 8.48. The van der Waals surface area contributed by atoms with Crippen molar-refractivity contribution in [3.05, 3.63) is 27.9 Å².